The average molecular weight is 409 g/mol. The lowest BCUT2D eigenvalue weighted by Gasteiger charge is -2.51. The molecule has 130 valence electrons. The van der Waals surface area contributed by atoms with Crippen molar-refractivity contribution in [1.82, 2.24) is 0 Å². The minimum atomic E-state index is -4.00. The molecule has 0 bridgehead atoms. The van der Waals surface area contributed by atoms with Crippen LogP contribution >= 0.6 is 33.9 Å². The third-order valence-corrected chi connectivity index (χ3v) is 7.09. The molecule has 2 fully saturated rings. The van der Waals surface area contributed by atoms with E-state index in [4.69, 9.17) is 38.6 Å². The molecule has 1 aliphatic heterocycles. The van der Waals surface area contributed by atoms with Crippen LogP contribution in [0.15, 0.2) is 16.5 Å². The second kappa shape index (κ2) is 5.50. The van der Waals surface area contributed by atoms with E-state index in [1.54, 1.807) is 0 Å². The molecule has 4 nitrogen and oxygen atoms in total. The fourth-order valence-corrected chi connectivity index (χ4v) is 5.79. The Morgan fingerprint density at radius 1 is 1.08 bits per heavy atom. The van der Waals surface area contributed by atoms with Crippen molar-refractivity contribution in [2.75, 3.05) is 0 Å². The lowest BCUT2D eigenvalue weighted by atomic mass is 9.54. The Bertz CT molecular complexity index is 854. The summed E-state index contributed by atoms with van der Waals surface area (Å²) in [6.45, 7) is 0. The third kappa shape index (κ3) is 2.47. The molecule has 2 aliphatic carbocycles. The van der Waals surface area contributed by atoms with Crippen LogP contribution in [0.2, 0.25) is 10.0 Å². The van der Waals surface area contributed by atoms with Crippen LogP contribution in [-0.2, 0) is 25.8 Å². The van der Waals surface area contributed by atoms with Gasteiger partial charge in [-0.2, -0.15) is 8.42 Å². The van der Waals surface area contributed by atoms with Crippen LogP contribution < -0.4 is 0 Å². The molecule has 0 N–H and O–H groups in total. The molecular formula is C16H16Cl3NO3S. The van der Waals surface area contributed by atoms with Crippen LogP contribution in [0.3, 0.4) is 0 Å². The van der Waals surface area contributed by atoms with E-state index in [2.05, 4.69) is 4.40 Å². The molecular weight excluding hydrogens is 393 g/mol. The van der Waals surface area contributed by atoms with Gasteiger partial charge in [-0.3, -0.25) is 0 Å². The van der Waals surface area contributed by atoms with E-state index >= 15 is 0 Å². The summed E-state index contributed by atoms with van der Waals surface area (Å²) in [7, 11) is 1.31. The number of ether oxygens (including phenoxy) is 1. The molecule has 4 rings (SSSR count). The first kappa shape index (κ1) is 17.0. The Hall–Kier alpha value is -0.490. The maximum Gasteiger partial charge on any atom is 0.342 e. The topological polar surface area (TPSA) is 55.7 Å². The maximum absolute atomic E-state index is 11.4. The second-order valence-corrected chi connectivity index (χ2v) is 9.87. The summed E-state index contributed by atoms with van der Waals surface area (Å²) >= 11 is 12.5. The molecule has 1 aromatic rings. The zero-order chi connectivity index (χ0) is 17.2. The quantitative estimate of drug-likeness (QED) is 0.628. The van der Waals surface area contributed by atoms with Crippen LogP contribution in [0.25, 0.3) is 0 Å². The molecule has 0 amide bonds. The number of halogens is 3. The molecule has 2 atom stereocenters. The highest BCUT2D eigenvalue weighted by molar-refractivity contribution is 8.12. The highest BCUT2D eigenvalue weighted by Gasteiger charge is 2.63. The summed E-state index contributed by atoms with van der Waals surface area (Å²) in [6, 6.07) is 3.86. The Balaban J connectivity index is 1.91. The van der Waals surface area contributed by atoms with E-state index in [0.29, 0.717) is 16.5 Å². The molecule has 0 spiro atoms. The summed E-state index contributed by atoms with van der Waals surface area (Å²) in [5.41, 5.74) is 1.57. The molecule has 8 heteroatoms. The predicted octanol–water partition coefficient (Wildman–Crippen LogP) is 4.79. The van der Waals surface area contributed by atoms with Crippen molar-refractivity contribution in [3.05, 3.63) is 33.3 Å². The maximum atomic E-state index is 11.4. The minimum Gasteiger partial charge on any atom is -0.473 e. The third-order valence-electron chi connectivity index (χ3n) is 5.74. The van der Waals surface area contributed by atoms with E-state index in [1.165, 1.54) is 5.56 Å². The van der Waals surface area contributed by atoms with Crippen molar-refractivity contribution >= 4 is 49.0 Å². The molecule has 1 saturated heterocycles. The van der Waals surface area contributed by atoms with Gasteiger partial charge in [0.15, 0.2) is 0 Å². The standard InChI is InChI=1S/C16H16Cl3NO3S/c17-12-7-10-3-6-16-5-2-1-4-15(16,11(10)8-13(12)18)9-14(23-16)20-24(19,21)22/h7-8H,1-6,9H2/b20-14-. The van der Waals surface area contributed by atoms with Gasteiger partial charge in [-0.15, -0.1) is 4.40 Å². The molecule has 1 saturated carbocycles. The molecule has 1 aromatic carbocycles. The monoisotopic (exact) mass is 407 g/mol. The summed E-state index contributed by atoms with van der Waals surface area (Å²) < 4.78 is 32.6. The zero-order valence-corrected chi connectivity index (χ0v) is 15.9. The molecule has 3 aliphatic rings. The van der Waals surface area contributed by atoms with E-state index in [1.807, 2.05) is 12.1 Å². The number of aryl methyl sites for hydroxylation is 1. The van der Waals surface area contributed by atoms with E-state index in [0.717, 1.165) is 44.1 Å². The smallest absolute Gasteiger partial charge is 0.342 e. The van der Waals surface area contributed by atoms with E-state index < -0.39 is 14.8 Å². The summed E-state index contributed by atoms with van der Waals surface area (Å²) in [4.78, 5) is 0. The van der Waals surface area contributed by atoms with Crippen molar-refractivity contribution in [3.63, 3.8) is 0 Å². The fourth-order valence-electron chi connectivity index (χ4n) is 4.86. The summed E-state index contributed by atoms with van der Waals surface area (Å²) in [5.74, 6) is 0.214. The van der Waals surface area contributed by atoms with Gasteiger partial charge >= 0.3 is 9.24 Å². The Kier molecular flexibility index (Phi) is 3.89. The first-order valence-electron chi connectivity index (χ1n) is 7.96. The van der Waals surface area contributed by atoms with Crippen LogP contribution in [0, 0.1) is 0 Å². The SMILES string of the molecule is O=S(=O)(Cl)/N=C1/CC23CCCCC2(CCc2cc(Cl)c(Cl)cc23)O1. The van der Waals surface area contributed by atoms with E-state index in [-0.39, 0.29) is 11.3 Å². The van der Waals surface area contributed by atoms with Crippen molar-refractivity contribution in [2.45, 2.75) is 56.0 Å². The highest BCUT2D eigenvalue weighted by atomic mass is 35.7. The van der Waals surface area contributed by atoms with Crippen molar-refractivity contribution < 1.29 is 13.2 Å². The average Bonchev–Trinajstić information content (AvgIpc) is 2.81. The molecule has 1 heterocycles. The minimum absolute atomic E-state index is 0.214. The lowest BCUT2D eigenvalue weighted by Crippen LogP contribution is -2.53. The summed E-state index contributed by atoms with van der Waals surface area (Å²) in [6.07, 6.45) is 6.00. The second-order valence-electron chi connectivity index (χ2n) is 6.88. The Morgan fingerprint density at radius 2 is 1.79 bits per heavy atom. The molecule has 24 heavy (non-hydrogen) atoms. The van der Waals surface area contributed by atoms with Crippen molar-refractivity contribution in [2.24, 2.45) is 4.40 Å². The van der Waals surface area contributed by atoms with Crippen LogP contribution in [0.5, 0.6) is 0 Å². The normalized spacial score (nSPS) is 33.5. The van der Waals surface area contributed by atoms with Gasteiger partial charge in [-0.05, 0) is 55.4 Å². The van der Waals surface area contributed by atoms with Gasteiger partial charge in [-0.1, -0.05) is 29.6 Å². The zero-order valence-electron chi connectivity index (χ0n) is 12.8. The Morgan fingerprint density at radius 3 is 2.54 bits per heavy atom. The van der Waals surface area contributed by atoms with Gasteiger partial charge in [-0.25, -0.2) is 0 Å². The first-order valence-corrected chi connectivity index (χ1v) is 11.0. The molecule has 2 unspecified atom stereocenters. The first-order chi connectivity index (χ1) is 11.2. The highest BCUT2D eigenvalue weighted by Crippen LogP contribution is 2.61. The lowest BCUT2D eigenvalue weighted by molar-refractivity contribution is -0.0324. The van der Waals surface area contributed by atoms with Gasteiger partial charge < -0.3 is 4.74 Å². The van der Waals surface area contributed by atoms with Gasteiger partial charge in [0.05, 0.1) is 10.0 Å². The van der Waals surface area contributed by atoms with Crippen LogP contribution in [0.1, 0.15) is 49.7 Å². The largest absolute Gasteiger partial charge is 0.473 e. The fraction of sp³-hybridized carbons (Fsp3) is 0.562. The van der Waals surface area contributed by atoms with Gasteiger partial charge in [0.1, 0.15) is 5.60 Å². The van der Waals surface area contributed by atoms with Crippen LogP contribution in [0.4, 0.5) is 0 Å². The number of benzene rings is 1. The number of hydrogen-bond acceptors (Lipinski definition) is 3. The predicted molar refractivity (Wildman–Crippen MR) is 95.6 cm³/mol. The van der Waals surface area contributed by atoms with Crippen molar-refractivity contribution in [1.29, 1.82) is 0 Å². The number of rotatable bonds is 1. The van der Waals surface area contributed by atoms with Crippen molar-refractivity contribution in [3.8, 4) is 0 Å². The van der Waals surface area contributed by atoms with E-state index in [9.17, 15) is 8.42 Å². The van der Waals surface area contributed by atoms with Gasteiger partial charge in [0.2, 0.25) is 5.90 Å². The number of hydrogen-bond donors (Lipinski definition) is 0. The van der Waals surface area contributed by atoms with Gasteiger partial charge in [0.25, 0.3) is 0 Å². The van der Waals surface area contributed by atoms with Crippen LogP contribution in [-0.4, -0.2) is 19.9 Å². The summed E-state index contributed by atoms with van der Waals surface area (Å²) in [5, 5.41) is 1.06. The molecule has 0 radical (unpaired) electrons. The number of fused-ring (bicyclic) bond motifs is 1. The Labute approximate surface area is 155 Å². The number of nitrogens with zero attached hydrogens (tertiary/aromatic N) is 1. The molecule has 0 aromatic heterocycles. The van der Waals surface area contributed by atoms with Gasteiger partial charge in [0, 0.05) is 22.5 Å².